The van der Waals surface area contributed by atoms with Gasteiger partial charge in [0.1, 0.15) is 4.83 Å². The smallest absolute Gasteiger partial charge is 0.233 e. The van der Waals surface area contributed by atoms with E-state index in [0.29, 0.717) is 18.0 Å². The zero-order valence-electron chi connectivity index (χ0n) is 28.2. The molecule has 1 N–H and O–H groups in total. The predicted molar refractivity (Wildman–Crippen MR) is 184 cm³/mol. The Morgan fingerprint density at radius 1 is 1.02 bits per heavy atom. The van der Waals surface area contributed by atoms with Crippen molar-refractivity contribution < 1.29 is 9.53 Å². The lowest BCUT2D eigenvalue weighted by molar-refractivity contribution is -0.137. The summed E-state index contributed by atoms with van der Waals surface area (Å²) < 4.78 is 6.17. The molecule has 3 aliphatic heterocycles. The molecule has 5 heterocycles. The second-order valence-electron chi connectivity index (χ2n) is 14.4. The van der Waals surface area contributed by atoms with Gasteiger partial charge in [-0.25, -0.2) is 0 Å². The Morgan fingerprint density at radius 3 is 2.20 bits per heavy atom. The Hall–Kier alpha value is -2.19. The van der Waals surface area contributed by atoms with E-state index in [1.807, 2.05) is 7.11 Å². The number of benzene rings is 1. The van der Waals surface area contributed by atoms with Crippen molar-refractivity contribution in [3.05, 3.63) is 45.8 Å². The van der Waals surface area contributed by atoms with E-state index in [9.17, 15) is 4.79 Å². The zero-order valence-corrected chi connectivity index (χ0v) is 29.0. The van der Waals surface area contributed by atoms with Gasteiger partial charge in [-0.2, -0.15) is 0 Å². The van der Waals surface area contributed by atoms with Crippen LogP contribution in [0.4, 0.5) is 0 Å². The number of likely N-dealkylation sites (tertiary alicyclic amines) is 1. The molecule has 44 heavy (non-hydrogen) atoms. The average Bonchev–Trinajstić information content (AvgIpc) is 3.79. The first kappa shape index (κ1) is 31.8. The molecule has 6 nitrogen and oxygen atoms in total. The fraction of sp³-hybridized carbons (Fsp3) is 0.649. The number of ether oxygens (including phenoxy) is 1. The largest absolute Gasteiger partial charge is 0.377 e. The van der Waals surface area contributed by atoms with Gasteiger partial charge in [-0.3, -0.25) is 4.79 Å². The summed E-state index contributed by atoms with van der Waals surface area (Å²) >= 11 is 1.79. The van der Waals surface area contributed by atoms with Gasteiger partial charge in [-0.1, -0.05) is 31.0 Å². The second kappa shape index (κ2) is 12.5. The van der Waals surface area contributed by atoms with E-state index in [0.717, 1.165) is 58.5 Å². The standard InChI is InChI=1S/C37H54N4O2S/c1-8-39(9-2)24-37(43-7)15-18-40(19-16-37)17-14-30-31-23-32(36(5,6)35(42)41-28-10-11-29(41)13-12-28)44-34(31)38-33(30)27-21-25(3)20-26(4)22-27/h20-23,28-29,38H,8-19,24H2,1-7H3. The highest BCUT2D eigenvalue weighted by atomic mass is 32.1. The lowest BCUT2D eigenvalue weighted by Crippen LogP contribution is -2.52. The molecule has 2 bridgehead atoms. The third-order valence-electron chi connectivity index (χ3n) is 11.2. The summed E-state index contributed by atoms with van der Waals surface area (Å²) in [6.45, 7) is 19.5. The summed E-state index contributed by atoms with van der Waals surface area (Å²) in [6.07, 6.45) is 7.85. The SMILES string of the molecule is CCN(CC)CC1(OC)CCN(CCc2c(-c3cc(C)cc(C)c3)[nH]c3sc(C(C)(C)C(=O)N4C5CCC4CC5)cc23)CC1. The summed E-state index contributed by atoms with van der Waals surface area (Å²) in [7, 11) is 1.90. The van der Waals surface area contributed by atoms with Crippen molar-refractivity contribution in [2.24, 2.45) is 0 Å². The molecule has 7 heteroatoms. The molecule has 0 unspecified atom stereocenters. The number of carbonyl (C=O) groups is 1. The number of thiophene rings is 1. The number of fused-ring (bicyclic) bond motifs is 3. The summed E-state index contributed by atoms with van der Waals surface area (Å²) in [5.41, 5.74) is 5.92. The number of carbonyl (C=O) groups excluding carboxylic acids is 1. The van der Waals surface area contributed by atoms with Gasteiger partial charge < -0.3 is 24.4 Å². The monoisotopic (exact) mass is 618 g/mol. The van der Waals surface area contributed by atoms with Crippen LogP contribution in [0, 0.1) is 13.8 Å². The molecular weight excluding hydrogens is 565 g/mol. The Labute approximate surface area is 269 Å². The predicted octanol–water partition coefficient (Wildman–Crippen LogP) is 7.31. The number of nitrogens with one attached hydrogen (secondary N) is 1. The van der Waals surface area contributed by atoms with Gasteiger partial charge in [0.05, 0.1) is 16.7 Å². The van der Waals surface area contributed by atoms with Crippen molar-refractivity contribution in [2.45, 2.75) is 110 Å². The number of piperidine rings is 1. The van der Waals surface area contributed by atoms with Crippen LogP contribution >= 0.6 is 11.3 Å². The maximum atomic E-state index is 14.0. The van der Waals surface area contributed by atoms with Gasteiger partial charge in [-0.15, -0.1) is 11.3 Å². The van der Waals surface area contributed by atoms with Crippen molar-refractivity contribution in [1.82, 2.24) is 19.7 Å². The number of hydrogen-bond donors (Lipinski definition) is 1. The molecule has 6 rings (SSSR count). The first-order valence-electron chi connectivity index (χ1n) is 17.1. The number of rotatable bonds is 11. The maximum Gasteiger partial charge on any atom is 0.233 e. The van der Waals surface area contributed by atoms with E-state index in [1.165, 1.54) is 68.7 Å². The molecule has 0 radical (unpaired) electrons. The number of amides is 1. The number of aromatic nitrogens is 1. The van der Waals surface area contributed by atoms with Crippen LogP contribution < -0.4 is 0 Å². The quantitative estimate of drug-likeness (QED) is 0.245. The molecule has 2 aromatic heterocycles. The number of aromatic amines is 1. The molecule has 3 aromatic rings. The number of nitrogens with zero attached hydrogens (tertiary/aromatic N) is 3. The molecule has 3 fully saturated rings. The van der Waals surface area contributed by atoms with Crippen LogP contribution in [0.3, 0.4) is 0 Å². The molecule has 0 atom stereocenters. The van der Waals surface area contributed by atoms with E-state index in [-0.39, 0.29) is 5.60 Å². The van der Waals surface area contributed by atoms with Gasteiger partial charge in [0.25, 0.3) is 0 Å². The Morgan fingerprint density at radius 2 is 1.64 bits per heavy atom. The van der Waals surface area contributed by atoms with Crippen LogP contribution in [0.25, 0.3) is 21.5 Å². The first-order valence-corrected chi connectivity index (χ1v) is 17.9. The van der Waals surface area contributed by atoms with E-state index >= 15 is 0 Å². The van der Waals surface area contributed by atoms with Crippen molar-refractivity contribution in [3.63, 3.8) is 0 Å². The van der Waals surface area contributed by atoms with Crippen molar-refractivity contribution >= 4 is 27.5 Å². The molecule has 3 aliphatic rings. The highest BCUT2D eigenvalue weighted by Gasteiger charge is 2.47. The number of likely N-dealkylation sites (N-methyl/N-ethyl adjacent to an activating group) is 1. The number of aryl methyl sites for hydroxylation is 2. The second-order valence-corrected chi connectivity index (χ2v) is 15.5. The topological polar surface area (TPSA) is 51.8 Å². The Kier molecular flexibility index (Phi) is 9.06. The average molecular weight is 619 g/mol. The zero-order chi connectivity index (χ0) is 31.2. The van der Waals surface area contributed by atoms with Gasteiger partial charge in [0, 0.05) is 55.6 Å². The number of hydrogen-bond acceptors (Lipinski definition) is 5. The van der Waals surface area contributed by atoms with E-state index in [2.05, 4.69) is 85.5 Å². The molecule has 240 valence electrons. The van der Waals surface area contributed by atoms with Crippen LogP contribution in [-0.2, 0) is 21.4 Å². The van der Waals surface area contributed by atoms with Gasteiger partial charge in [-0.05, 0) is 115 Å². The van der Waals surface area contributed by atoms with E-state index in [1.54, 1.807) is 11.3 Å². The van der Waals surface area contributed by atoms with Gasteiger partial charge in [0.15, 0.2) is 0 Å². The maximum absolute atomic E-state index is 14.0. The summed E-state index contributed by atoms with van der Waals surface area (Å²) in [4.78, 5) is 27.6. The molecule has 1 aromatic carbocycles. The molecule has 1 amide bonds. The van der Waals surface area contributed by atoms with Crippen LogP contribution in [-0.4, -0.2) is 89.7 Å². The van der Waals surface area contributed by atoms with E-state index < -0.39 is 5.41 Å². The minimum absolute atomic E-state index is 0.0384. The minimum atomic E-state index is -0.520. The van der Waals surface area contributed by atoms with Crippen molar-refractivity contribution in [1.29, 1.82) is 0 Å². The fourth-order valence-electron chi connectivity index (χ4n) is 8.37. The van der Waals surface area contributed by atoms with Gasteiger partial charge >= 0.3 is 0 Å². The summed E-state index contributed by atoms with van der Waals surface area (Å²) in [6, 6.07) is 10.1. The van der Waals surface area contributed by atoms with E-state index in [4.69, 9.17) is 4.74 Å². The minimum Gasteiger partial charge on any atom is -0.377 e. The lowest BCUT2D eigenvalue weighted by Gasteiger charge is -2.43. The first-order chi connectivity index (χ1) is 21.1. The van der Waals surface area contributed by atoms with Gasteiger partial charge in [0.2, 0.25) is 5.91 Å². The highest BCUT2D eigenvalue weighted by Crippen LogP contribution is 2.44. The molecule has 0 spiro atoms. The highest BCUT2D eigenvalue weighted by molar-refractivity contribution is 7.19. The van der Waals surface area contributed by atoms with Crippen LogP contribution in [0.1, 0.15) is 87.8 Å². The third-order valence-corrected chi connectivity index (χ3v) is 12.6. The molecule has 0 saturated carbocycles. The van der Waals surface area contributed by atoms with Crippen LogP contribution in [0.5, 0.6) is 0 Å². The third kappa shape index (κ3) is 5.90. The molecular formula is C37H54N4O2S. The molecule has 0 aliphatic carbocycles. The summed E-state index contributed by atoms with van der Waals surface area (Å²) in [5, 5.41) is 1.30. The number of H-pyrrole nitrogens is 1. The van der Waals surface area contributed by atoms with Crippen molar-refractivity contribution in [3.8, 4) is 11.3 Å². The summed E-state index contributed by atoms with van der Waals surface area (Å²) in [5.74, 6) is 0.321. The Balaban J connectivity index is 1.26. The fourth-order valence-corrected chi connectivity index (χ4v) is 9.56. The molecule has 3 saturated heterocycles. The normalized spacial score (nSPS) is 22.1. The van der Waals surface area contributed by atoms with Crippen molar-refractivity contribution in [2.75, 3.05) is 46.4 Å². The van der Waals surface area contributed by atoms with Crippen LogP contribution in [0.15, 0.2) is 24.3 Å². The number of methoxy groups -OCH3 is 1. The Bertz CT molecular complexity index is 1440. The van der Waals surface area contributed by atoms with Crippen LogP contribution in [0.2, 0.25) is 0 Å². The lowest BCUT2D eigenvalue weighted by atomic mass is 9.88.